The molecule has 0 fully saturated rings. The van der Waals surface area contributed by atoms with Crippen LogP contribution in [0.15, 0.2) is 0 Å². The highest BCUT2D eigenvalue weighted by Gasteiger charge is 1.52. The van der Waals surface area contributed by atoms with Crippen molar-refractivity contribution in [2.75, 3.05) is 0 Å². The lowest BCUT2D eigenvalue weighted by Gasteiger charge is -1.52. The third kappa shape index (κ3) is 5.80. The Morgan fingerprint density at radius 1 is 0.800 bits per heavy atom. The van der Waals surface area contributed by atoms with Gasteiger partial charge < -0.3 is 0 Å². The van der Waals surface area contributed by atoms with E-state index in [1.807, 2.05) is 5.92 Å². The van der Waals surface area contributed by atoms with Crippen molar-refractivity contribution in [1.82, 2.24) is 0 Å². The third-order valence-electron chi connectivity index (χ3n) is 0.447. The normalized spacial score (nSPS) is 3.40. The lowest BCUT2D eigenvalue weighted by atomic mass is 10.5. The summed E-state index contributed by atoms with van der Waals surface area (Å²) in [5.41, 5.74) is 0. The molecule has 0 saturated carbocycles. The number of hydrogen-bond acceptors (Lipinski definition) is 0. The van der Waals surface area contributed by atoms with Crippen LogP contribution in [0.2, 0.25) is 0 Å². The summed E-state index contributed by atoms with van der Waals surface area (Å²) in [6, 6.07) is 0. The van der Waals surface area contributed by atoms with Gasteiger partial charge in [0.25, 0.3) is 0 Å². The summed E-state index contributed by atoms with van der Waals surface area (Å²) in [5.74, 6) is 17.8. The van der Waals surface area contributed by atoms with Gasteiger partial charge in [0.2, 0.25) is 0 Å². The summed E-state index contributed by atoms with van der Waals surface area (Å²) in [6.07, 6.45) is 11.2. The predicted molar refractivity (Wildman–Crippen MR) is 39.3 cm³/mol. The van der Waals surface area contributed by atoms with E-state index < -0.39 is 0 Å². The van der Waals surface area contributed by atoms with E-state index in [1.54, 1.807) is 0 Å². The Labute approximate surface area is 61.0 Å². The Hall–Kier alpha value is -2.20. The lowest BCUT2D eigenvalue weighted by Crippen LogP contribution is -1.51. The first-order valence-corrected chi connectivity index (χ1v) is 2.29. The van der Waals surface area contributed by atoms with Crippen LogP contribution in [0.5, 0.6) is 0 Å². The van der Waals surface area contributed by atoms with Crippen LogP contribution in [0.4, 0.5) is 0 Å². The molecule has 0 aromatic rings. The van der Waals surface area contributed by atoms with Crippen molar-refractivity contribution in [2.45, 2.75) is 0 Å². The Balaban J connectivity index is 4.01. The molecule has 0 aliphatic heterocycles. The highest BCUT2D eigenvalue weighted by molar-refractivity contribution is 5.41. The first-order chi connectivity index (χ1) is 4.91. The number of rotatable bonds is 0. The first-order valence-electron chi connectivity index (χ1n) is 2.29. The molecule has 0 atom stereocenters. The molecule has 0 rings (SSSR count). The van der Waals surface area contributed by atoms with Crippen LogP contribution in [-0.2, 0) is 0 Å². The van der Waals surface area contributed by atoms with Crippen LogP contribution in [0.1, 0.15) is 0 Å². The summed E-state index contributed by atoms with van der Waals surface area (Å²) in [7, 11) is 0. The minimum atomic E-state index is 1.86. The van der Waals surface area contributed by atoms with E-state index in [2.05, 4.69) is 41.4 Å². The molecule has 0 bridgehead atoms. The molecule has 0 heterocycles. The van der Waals surface area contributed by atoms with Crippen LogP contribution < -0.4 is 0 Å². The van der Waals surface area contributed by atoms with Gasteiger partial charge in [-0.3, -0.25) is 0 Å². The molecule has 0 N–H and O–H groups in total. The summed E-state index contributed by atoms with van der Waals surface area (Å²) >= 11 is 0. The van der Waals surface area contributed by atoms with Gasteiger partial charge in [-0.1, -0.05) is 0 Å². The Bertz CT molecular complexity index is 314. The van der Waals surface area contributed by atoms with E-state index in [4.69, 9.17) is 12.8 Å². The SMILES string of the molecule is [C]#CC#CC#CC#CC#C. The van der Waals surface area contributed by atoms with Crippen molar-refractivity contribution >= 4 is 0 Å². The molecule has 0 heteroatoms. The largest absolute Gasteiger partial charge is 0.106 e. The fraction of sp³-hybridized carbons (Fsp3) is 0. The first kappa shape index (κ1) is 7.80. The Morgan fingerprint density at radius 3 is 1.80 bits per heavy atom. The van der Waals surface area contributed by atoms with Gasteiger partial charge in [0.15, 0.2) is 0 Å². The molecule has 0 aliphatic carbocycles. The van der Waals surface area contributed by atoms with Gasteiger partial charge in [-0.2, -0.15) is 0 Å². The molecular formula is C10H. The van der Waals surface area contributed by atoms with E-state index in [0.717, 1.165) is 0 Å². The summed E-state index contributed by atoms with van der Waals surface area (Å²) < 4.78 is 0. The fourth-order valence-corrected chi connectivity index (χ4v) is 0.192. The van der Waals surface area contributed by atoms with Crippen LogP contribution in [0, 0.1) is 60.2 Å². The van der Waals surface area contributed by atoms with Crippen LogP contribution in [-0.4, -0.2) is 0 Å². The molecule has 0 aromatic carbocycles. The molecule has 0 unspecified atom stereocenters. The van der Waals surface area contributed by atoms with Crippen molar-refractivity contribution in [3.63, 3.8) is 0 Å². The molecule has 0 nitrogen and oxygen atoms in total. The lowest BCUT2D eigenvalue weighted by molar-refractivity contribution is 2.36. The summed E-state index contributed by atoms with van der Waals surface area (Å²) in [6.45, 7) is 0. The Kier molecular flexibility index (Phi) is 5.30. The molecular weight excluding hydrogens is 120 g/mol. The zero-order chi connectivity index (χ0) is 7.66. The molecule has 0 aromatic heterocycles. The minimum Gasteiger partial charge on any atom is -0.106 e. The van der Waals surface area contributed by atoms with Crippen LogP contribution >= 0.6 is 0 Å². The van der Waals surface area contributed by atoms with E-state index >= 15 is 0 Å². The highest BCUT2D eigenvalue weighted by Crippen LogP contribution is 1.52. The van der Waals surface area contributed by atoms with Gasteiger partial charge >= 0.3 is 0 Å². The molecule has 41 valence electrons. The van der Waals surface area contributed by atoms with Gasteiger partial charge in [-0.15, -0.1) is 6.42 Å². The van der Waals surface area contributed by atoms with E-state index in [9.17, 15) is 0 Å². The molecule has 1 radical (unpaired) electrons. The summed E-state index contributed by atoms with van der Waals surface area (Å²) in [5, 5.41) is 0. The number of hydrogen-bond donors (Lipinski definition) is 0. The zero-order valence-corrected chi connectivity index (χ0v) is 5.08. The van der Waals surface area contributed by atoms with Crippen molar-refractivity contribution in [2.24, 2.45) is 0 Å². The maximum absolute atomic E-state index is 6.36. The molecule has 0 saturated heterocycles. The second-order valence-corrected chi connectivity index (χ2v) is 1.02. The van der Waals surface area contributed by atoms with E-state index in [1.165, 1.54) is 0 Å². The maximum Gasteiger partial charge on any atom is 0 e. The highest BCUT2D eigenvalue weighted by atomic mass is 13.5. The molecule has 0 aliphatic rings. The average Bonchev–Trinajstić information content (AvgIpc) is 1.97. The monoisotopic (exact) mass is 121 g/mol. The summed E-state index contributed by atoms with van der Waals surface area (Å²) in [4.78, 5) is 0. The topological polar surface area (TPSA) is 0 Å². The van der Waals surface area contributed by atoms with Gasteiger partial charge in [-0.05, 0) is 47.4 Å². The van der Waals surface area contributed by atoms with E-state index in [-0.39, 0.29) is 0 Å². The van der Waals surface area contributed by atoms with Gasteiger partial charge in [0, 0.05) is 6.42 Å². The second kappa shape index (κ2) is 6.80. The van der Waals surface area contributed by atoms with Crippen molar-refractivity contribution < 1.29 is 0 Å². The standard InChI is InChI=1S/C10H/c1-3-5-7-9-10-8-6-4-2/h1H. The molecule has 0 amide bonds. The smallest absolute Gasteiger partial charge is 0 e. The zero-order valence-electron chi connectivity index (χ0n) is 5.08. The molecule has 0 spiro atoms. The van der Waals surface area contributed by atoms with Crippen LogP contribution in [0.25, 0.3) is 0 Å². The van der Waals surface area contributed by atoms with Gasteiger partial charge in [0.1, 0.15) is 0 Å². The van der Waals surface area contributed by atoms with Crippen molar-refractivity contribution in [3.05, 3.63) is 6.42 Å². The van der Waals surface area contributed by atoms with Crippen LogP contribution in [0.3, 0.4) is 0 Å². The second-order valence-electron chi connectivity index (χ2n) is 1.02. The third-order valence-corrected chi connectivity index (χ3v) is 0.447. The van der Waals surface area contributed by atoms with Crippen molar-refractivity contribution in [1.29, 1.82) is 0 Å². The van der Waals surface area contributed by atoms with Gasteiger partial charge in [0.05, 0.1) is 0 Å². The quantitative estimate of drug-likeness (QED) is 0.402. The number of terminal acetylenes is 1. The maximum atomic E-state index is 6.36. The fourth-order valence-electron chi connectivity index (χ4n) is 0.192. The van der Waals surface area contributed by atoms with Gasteiger partial charge in [-0.25, -0.2) is 0 Å². The van der Waals surface area contributed by atoms with E-state index in [0.29, 0.717) is 0 Å². The molecule has 10 heavy (non-hydrogen) atoms. The predicted octanol–water partition coefficient (Wildman–Crippen LogP) is 0.220. The average molecular weight is 121 g/mol. The minimum absolute atomic E-state index is 1.86. The van der Waals surface area contributed by atoms with Crippen molar-refractivity contribution in [3.8, 4) is 53.8 Å². The Morgan fingerprint density at radius 2 is 1.30 bits per heavy atom.